The first-order chi connectivity index (χ1) is 9.28. The van der Waals surface area contributed by atoms with Crippen molar-refractivity contribution in [2.24, 2.45) is 0 Å². The molecule has 4 heteroatoms. The lowest BCUT2D eigenvalue weighted by Gasteiger charge is -2.01. The quantitative estimate of drug-likeness (QED) is 0.528. The molecular weight excluding hydrogens is 256 g/mol. The number of aryl methyl sites for hydroxylation is 1. The van der Waals surface area contributed by atoms with Crippen molar-refractivity contribution in [3.05, 3.63) is 53.3 Å². The van der Waals surface area contributed by atoms with Crippen LogP contribution >= 0.6 is 11.8 Å². The Morgan fingerprint density at radius 2 is 2.00 bits per heavy atom. The number of benzene rings is 1. The summed E-state index contributed by atoms with van der Waals surface area (Å²) < 4.78 is 0. The third kappa shape index (κ3) is 4.40. The van der Waals surface area contributed by atoms with E-state index in [-0.39, 0.29) is 6.61 Å². The Morgan fingerprint density at radius 1 is 1.21 bits per heavy atom. The smallest absolute Gasteiger partial charge is 0.188 e. The van der Waals surface area contributed by atoms with Crippen LogP contribution in [0.4, 0.5) is 0 Å². The Kier molecular flexibility index (Phi) is 4.96. The van der Waals surface area contributed by atoms with Gasteiger partial charge in [-0.3, -0.25) is 0 Å². The molecule has 0 aliphatic heterocycles. The number of aliphatic hydroxyl groups is 1. The molecule has 0 saturated carbocycles. The first-order valence-corrected chi connectivity index (χ1v) is 6.87. The van der Waals surface area contributed by atoms with E-state index in [0.717, 1.165) is 22.2 Å². The number of hydrogen-bond donors (Lipinski definition) is 1. The van der Waals surface area contributed by atoms with Crippen molar-refractivity contribution in [3.8, 4) is 11.8 Å². The molecule has 2 rings (SSSR count). The maximum absolute atomic E-state index is 8.62. The molecule has 0 fully saturated rings. The SMILES string of the molecule is Cc1ccnc(SCc2ccc(C#CCO)cc2)n1. The summed E-state index contributed by atoms with van der Waals surface area (Å²) in [7, 11) is 0. The molecule has 1 N–H and O–H groups in total. The highest BCUT2D eigenvalue weighted by atomic mass is 32.2. The molecular formula is C15H14N2OS. The highest BCUT2D eigenvalue weighted by Gasteiger charge is 1.99. The number of hydrogen-bond acceptors (Lipinski definition) is 4. The van der Waals surface area contributed by atoms with Gasteiger partial charge in [0.1, 0.15) is 6.61 Å². The molecule has 0 aliphatic rings. The van der Waals surface area contributed by atoms with Gasteiger partial charge in [0, 0.05) is 23.2 Å². The second-order valence-electron chi connectivity index (χ2n) is 3.93. The van der Waals surface area contributed by atoms with Crippen LogP contribution in [0.1, 0.15) is 16.8 Å². The zero-order valence-corrected chi connectivity index (χ0v) is 11.4. The highest BCUT2D eigenvalue weighted by molar-refractivity contribution is 7.98. The van der Waals surface area contributed by atoms with E-state index in [1.807, 2.05) is 37.3 Å². The van der Waals surface area contributed by atoms with Crippen LogP contribution in [0.25, 0.3) is 0 Å². The van der Waals surface area contributed by atoms with Gasteiger partial charge < -0.3 is 5.11 Å². The first kappa shape index (κ1) is 13.6. The minimum absolute atomic E-state index is 0.109. The van der Waals surface area contributed by atoms with E-state index in [9.17, 15) is 0 Å². The van der Waals surface area contributed by atoms with Gasteiger partial charge in [-0.25, -0.2) is 9.97 Å². The van der Waals surface area contributed by atoms with Crippen LogP contribution in [0.5, 0.6) is 0 Å². The summed E-state index contributed by atoms with van der Waals surface area (Å²) in [5.74, 6) is 6.33. The summed E-state index contributed by atoms with van der Waals surface area (Å²) in [6.45, 7) is 1.85. The first-order valence-electron chi connectivity index (χ1n) is 5.89. The fourth-order valence-electron chi connectivity index (χ4n) is 1.47. The van der Waals surface area contributed by atoms with E-state index >= 15 is 0 Å². The average molecular weight is 270 g/mol. The fourth-order valence-corrected chi connectivity index (χ4v) is 2.30. The lowest BCUT2D eigenvalue weighted by Crippen LogP contribution is -1.89. The Morgan fingerprint density at radius 3 is 2.68 bits per heavy atom. The standard InChI is InChI=1S/C15H14N2OS/c1-12-8-9-16-15(17-12)19-11-14-6-4-13(5-7-14)3-2-10-18/h4-9,18H,10-11H2,1H3. The van der Waals surface area contributed by atoms with Crippen LogP contribution in [0.15, 0.2) is 41.7 Å². The summed E-state index contributed by atoms with van der Waals surface area (Å²) in [6, 6.07) is 9.86. The number of thioether (sulfide) groups is 1. The monoisotopic (exact) mass is 270 g/mol. The van der Waals surface area contributed by atoms with Crippen molar-refractivity contribution in [1.82, 2.24) is 9.97 Å². The van der Waals surface area contributed by atoms with Gasteiger partial charge in [0.05, 0.1) is 0 Å². The summed E-state index contributed by atoms with van der Waals surface area (Å²) in [6.07, 6.45) is 1.78. The van der Waals surface area contributed by atoms with Gasteiger partial charge in [0.2, 0.25) is 0 Å². The predicted molar refractivity (Wildman–Crippen MR) is 76.7 cm³/mol. The molecule has 96 valence electrons. The molecule has 1 aromatic carbocycles. The molecule has 0 amide bonds. The molecule has 3 nitrogen and oxygen atoms in total. The van der Waals surface area contributed by atoms with Gasteiger partial charge in [0.25, 0.3) is 0 Å². The molecule has 0 spiro atoms. The van der Waals surface area contributed by atoms with Crippen LogP contribution in [0.3, 0.4) is 0 Å². The lowest BCUT2D eigenvalue weighted by molar-refractivity contribution is 0.350. The molecule has 1 aromatic heterocycles. The topological polar surface area (TPSA) is 46.0 Å². The van der Waals surface area contributed by atoms with Crippen LogP contribution in [-0.4, -0.2) is 21.7 Å². The molecule has 0 atom stereocenters. The lowest BCUT2D eigenvalue weighted by atomic mass is 10.1. The van der Waals surface area contributed by atoms with E-state index in [0.29, 0.717) is 0 Å². The fraction of sp³-hybridized carbons (Fsp3) is 0.200. The van der Waals surface area contributed by atoms with E-state index in [4.69, 9.17) is 5.11 Å². The largest absolute Gasteiger partial charge is 0.384 e. The second-order valence-corrected chi connectivity index (χ2v) is 4.87. The van der Waals surface area contributed by atoms with E-state index in [2.05, 4.69) is 21.8 Å². The maximum atomic E-state index is 8.62. The average Bonchev–Trinajstić information content (AvgIpc) is 2.44. The third-order valence-corrected chi connectivity index (χ3v) is 3.34. The van der Waals surface area contributed by atoms with Gasteiger partial charge >= 0.3 is 0 Å². The van der Waals surface area contributed by atoms with Gasteiger partial charge in [0.15, 0.2) is 5.16 Å². The summed E-state index contributed by atoms with van der Waals surface area (Å²) in [5.41, 5.74) is 3.09. The number of nitrogens with zero attached hydrogens (tertiary/aromatic N) is 2. The van der Waals surface area contributed by atoms with Crippen molar-refractivity contribution in [3.63, 3.8) is 0 Å². The van der Waals surface area contributed by atoms with Crippen molar-refractivity contribution in [2.45, 2.75) is 17.8 Å². The highest BCUT2D eigenvalue weighted by Crippen LogP contribution is 2.19. The number of aliphatic hydroxyl groups excluding tert-OH is 1. The van der Waals surface area contributed by atoms with Crippen molar-refractivity contribution < 1.29 is 5.11 Å². The number of aromatic nitrogens is 2. The van der Waals surface area contributed by atoms with Crippen LogP contribution in [-0.2, 0) is 5.75 Å². The molecule has 1 heterocycles. The van der Waals surface area contributed by atoms with Crippen LogP contribution < -0.4 is 0 Å². The molecule has 0 radical (unpaired) electrons. The van der Waals surface area contributed by atoms with E-state index < -0.39 is 0 Å². The van der Waals surface area contributed by atoms with Gasteiger partial charge in [-0.15, -0.1) is 0 Å². The van der Waals surface area contributed by atoms with Crippen molar-refractivity contribution in [1.29, 1.82) is 0 Å². The Hall–Kier alpha value is -1.83. The molecule has 0 saturated heterocycles. The molecule has 2 aromatic rings. The Balaban J connectivity index is 1.96. The van der Waals surface area contributed by atoms with Crippen LogP contribution in [0.2, 0.25) is 0 Å². The van der Waals surface area contributed by atoms with Crippen molar-refractivity contribution in [2.75, 3.05) is 6.61 Å². The second kappa shape index (κ2) is 6.93. The van der Waals surface area contributed by atoms with Gasteiger partial charge in [-0.2, -0.15) is 0 Å². The molecule has 0 aliphatic carbocycles. The predicted octanol–water partition coefficient (Wildman–Crippen LogP) is 2.42. The normalized spacial score (nSPS) is 9.79. The minimum atomic E-state index is -0.109. The molecule has 19 heavy (non-hydrogen) atoms. The maximum Gasteiger partial charge on any atom is 0.188 e. The molecule has 0 unspecified atom stereocenters. The van der Waals surface area contributed by atoms with Gasteiger partial charge in [-0.1, -0.05) is 35.7 Å². The number of rotatable bonds is 3. The van der Waals surface area contributed by atoms with E-state index in [1.165, 1.54) is 5.56 Å². The van der Waals surface area contributed by atoms with Crippen molar-refractivity contribution >= 4 is 11.8 Å². The van der Waals surface area contributed by atoms with Crippen LogP contribution in [0, 0.1) is 18.8 Å². The zero-order valence-electron chi connectivity index (χ0n) is 10.6. The zero-order chi connectivity index (χ0) is 13.5. The summed E-state index contributed by atoms with van der Waals surface area (Å²) in [5, 5.41) is 9.42. The molecule has 0 bridgehead atoms. The summed E-state index contributed by atoms with van der Waals surface area (Å²) in [4.78, 5) is 8.56. The Bertz CT molecular complexity index is 600. The third-order valence-electron chi connectivity index (χ3n) is 2.41. The Labute approximate surface area is 117 Å². The minimum Gasteiger partial charge on any atom is -0.384 e. The van der Waals surface area contributed by atoms with E-state index in [1.54, 1.807) is 18.0 Å². The van der Waals surface area contributed by atoms with Gasteiger partial charge in [-0.05, 0) is 30.7 Å². The summed E-state index contributed by atoms with van der Waals surface area (Å²) >= 11 is 1.61.